The van der Waals surface area contributed by atoms with Crippen LogP contribution in [0.1, 0.15) is 61.0 Å². The number of hydrogen-bond acceptors (Lipinski definition) is 5. The van der Waals surface area contributed by atoms with Crippen molar-refractivity contribution in [1.82, 2.24) is 15.6 Å². The summed E-state index contributed by atoms with van der Waals surface area (Å²) in [5, 5.41) is 7.41. The highest BCUT2D eigenvalue weighted by molar-refractivity contribution is 14.0. The molecule has 1 aromatic rings. The minimum atomic E-state index is -0.304. The van der Waals surface area contributed by atoms with Crippen molar-refractivity contribution < 1.29 is 9.53 Å². The van der Waals surface area contributed by atoms with Gasteiger partial charge in [-0.15, -0.1) is 35.3 Å². The Morgan fingerprint density at radius 3 is 2.54 bits per heavy atom. The first kappa shape index (κ1) is 23.1. The van der Waals surface area contributed by atoms with Gasteiger partial charge in [0.15, 0.2) is 5.96 Å². The maximum absolute atomic E-state index is 11.9. The minimum absolute atomic E-state index is 0. The predicted octanol–water partition coefficient (Wildman–Crippen LogP) is 3.52. The van der Waals surface area contributed by atoms with Gasteiger partial charge in [-0.05, 0) is 33.6 Å². The van der Waals surface area contributed by atoms with Crippen molar-refractivity contribution in [3.63, 3.8) is 0 Å². The molecule has 0 saturated heterocycles. The first-order valence-electron chi connectivity index (χ1n) is 8.08. The lowest BCUT2D eigenvalue weighted by atomic mass is 10.2. The molecule has 0 fully saturated rings. The number of nitrogens with zero attached hydrogens (tertiary/aromatic N) is 2. The molecule has 6 nitrogen and oxygen atoms in total. The number of aryl methyl sites for hydroxylation is 1. The van der Waals surface area contributed by atoms with Crippen LogP contribution in [0.15, 0.2) is 4.99 Å². The SMILES string of the molecule is CCNC(=NCC(C)C)NC(C)c1nc(C)c(C(=O)OCC)s1.I. The Kier molecular flexibility index (Phi) is 11.2. The van der Waals surface area contributed by atoms with Crippen LogP contribution in [0.3, 0.4) is 0 Å². The zero-order valence-electron chi connectivity index (χ0n) is 15.3. The smallest absolute Gasteiger partial charge is 0.350 e. The topological polar surface area (TPSA) is 75.6 Å². The molecule has 0 aliphatic carbocycles. The van der Waals surface area contributed by atoms with Crippen molar-refractivity contribution in [2.45, 2.75) is 47.6 Å². The van der Waals surface area contributed by atoms with E-state index >= 15 is 0 Å². The van der Waals surface area contributed by atoms with Crippen LogP contribution in [0, 0.1) is 12.8 Å². The Morgan fingerprint density at radius 2 is 2.00 bits per heavy atom. The molecule has 0 amide bonds. The summed E-state index contributed by atoms with van der Waals surface area (Å²) in [4.78, 5) is 21.5. The van der Waals surface area contributed by atoms with Gasteiger partial charge in [0.1, 0.15) is 9.88 Å². The first-order valence-corrected chi connectivity index (χ1v) is 8.89. The van der Waals surface area contributed by atoms with Gasteiger partial charge in [0.2, 0.25) is 0 Å². The van der Waals surface area contributed by atoms with Crippen molar-refractivity contribution in [2.24, 2.45) is 10.9 Å². The van der Waals surface area contributed by atoms with Crippen LogP contribution < -0.4 is 10.6 Å². The number of carbonyl (C=O) groups is 1. The molecular formula is C16H29IN4O2S. The second kappa shape index (κ2) is 11.6. The summed E-state index contributed by atoms with van der Waals surface area (Å²) in [5.74, 6) is 0.957. The van der Waals surface area contributed by atoms with Crippen molar-refractivity contribution >= 4 is 47.2 Å². The number of thiazole rings is 1. The third-order valence-electron chi connectivity index (χ3n) is 2.96. The van der Waals surface area contributed by atoms with E-state index in [4.69, 9.17) is 4.74 Å². The molecule has 1 atom stereocenters. The van der Waals surface area contributed by atoms with Crippen molar-refractivity contribution in [2.75, 3.05) is 19.7 Å². The summed E-state index contributed by atoms with van der Waals surface area (Å²) in [5.41, 5.74) is 0.709. The van der Waals surface area contributed by atoms with Crippen LogP contribution in [0.25, 0.3) is 0 Å². The summed E-state index contributed by atoms with van der Waals surface area (Å²) in [6, 6.07) is -0.0353. The largest absolute Gasteiger partial charge is 0.462 e. The molecule has 8 heteroatoms. The number of hydrogen-bond donors (Lipinski definition) is 2. The first-order chi connectivity index (χ1) is 10.9. The molecule has 138 valence electrons. The summed E-state index contributed by atoms with van der Waals surface area (Å²) in [7, 11) is 0. The van der Waals surface area contributed by atoms with Crippen LogP contribution in [-0.2, 0) is 4.74 Å². The molecule has 0 saturated carbocycles. The molecule has 0 aromatic carbocycles. The number of aliphatic imine (C=N–C) groups is 1. The highest BCUT2D eigenvalue weighted by Crippen LogP contribution is 2.24. The lowest BCUT2D eigenvalue weighted by Gasteiger charge is -2.16. The number of carbonyl (C=O) groups excluding carboxylic acids is 1. The molecule has 0 spiro atoms. The van der Waals surface area contributed by atoms with Gasteiger partial charge in [-0.2, -0.15) is 0 Å². The van der Waals surface area contributed by atoms with Crippen LogP contribution >= 0.6 is 35.3 Å². The van der Waals surface area contributed by atoms with Crippen molar-refractivity contribution in [1.29, 1.82) is 0 Å². The second-order valence-electron chi connectivity index (χ2n) is 5.67. The Balaban J connectivity index is 0.00000529. The molecule has 1 rings (SSSR count). The van der Waals surface area contributed by atoms with Crippen LogP contribution in [0.5, 0.6) is 0 Å². The fourth-order valence-corrected chi connectivity index (χ4v) is 2.81. The molecule has 1 unspecified atom stereocenters. The Labute approximate surface area is 165 Å². The number of rotatable bonds is 7. The average molecular weight is 468 g/mol. The third kappa shape index (κ3) is 7.33. The zero-order chi connectivity index (χ0) is 17.4. The minimum Gasteiger partial charge on any atom is -0.462 e. The quantitative estimate of drug-likeness (QED) is 0.277. The molecule has 0 bridgehead atoms. The van der Waals surface area contributed by atoms with Gasteiger partial charge in [0, 0.05) is 13.1 Å². The fraction of sp³-hybridized carbons (Fsp3) is 0.688. The number of aromatic nitrogens is 1. The molecule has 0 aliphatic rings. The number of esters is 1. The summed E-state index contributed by atoms with van der Waals surface area (Å²) >= 11 is 1.37. The van der Waals surface area contributed by atoms with E-state index in [-0.39, 0.29) is 36.0 Å². The average Bonchev–Trinajstić information content (AvgIpc) is 2.87. The molecular weight excluding hydrogens is 439 g/mol. The number of nitrogens with one attached hydrogen (secondary N) is 2. The second-order valence-corrected chi connectivity index (χ2v) is 6.70. The molecule has 1 aromatic heterocycles. The maximum atomic E-state index is 11.9. The monoisotopic (exact) mass is 468 g/mol. The van der Waals surface area contributed by atoms with E-state index in [0.29, 0.717) is 23.1 Å². The lowest BCUT2D eigenvalue weighted by Crippen LogP contribution is -2.39. The van der Waals surface area contributed by atoms with Crippen molar-refractivity contribution in [3.8, 4) is 0 Å². The Morgan fingerprint density at radius 1 is 1.33 bits per heavy atom. The van der Waals surface area contributed by atoms with Gasteiger partial charge in [0.25, 0.3) is 0 Å². The summed E-state index contributed by atoms with van der Waals surface area (Å²) in [6.07, 6.45) is 0. The third-order valence-corrected chi connectivity index (χ3v) is 4.28. The van der Waals surface area contributed by atoms with E-state index in [1.54, 1.807) is 6.92 Å². The zero-order valence-corrected chi connectivity index (χ0v) is 18.5. The molecule has 2 N–H and O–H groups in total. The van der Waals surface area contributed by atoms with Gasteiger partial charge < -0.3 is 15.4 Å². The van der Waals surface area contributed by atoms with E-state index in [1.807, 2.05) is 20.8 Å². The van der Waals surface area contributed by atoms with Gasteiger partial charge in [-0.25, -0.2) is 9.78 Å². The number of halogens is 1. The van der Waals surface area contributed by atoms with Gasteiger partial charge in [-0.1, -0.05) is 13.8 Å². The summed E-state index contributed by atoms with van der Waals surface area (Å²) < 4.78 is 5.06. The van der Waals surface area contributed by atoms with E-state index in [1.165, 1.54) is 11.3 Å². The Hall–Kier alpha value is -0.900. The van der Waals surface area contributed by atoms with E-state index in [0.717, 1.165) is 24.1 Å². The molecule has 0 radical (unpaired) electrons. The van der Waals surface area contributed by atoms with E-state index in [2.05, 4.69) is 34.5 Å². The van der Waals surface area contributed by atoms with Crippen LogP contribution in [0.4, 0.5) is 0 Å². The van der Waals surface area contributed by atoms with Crippen molar-refractivity contribution in [3.05, 3.63) is 15.6 Å². The molecule has 24 heavy (non-hydrogen) atoms. The van der Waals surface area contributed by atoms with Crippen LogP contribution in [0.2, 0.25) is 0 Å². The van der Waals surface area contributed by atoms with Crippen LogP contribution in [-0.4, -0.2) is 36.6 Å². The molecule has 1 heterocycles. The highest BCUT2D eigenvalue weighted by Gasteiger charge is 2.20. The fourth-order valence-electron chi connectivity index (χ4n) is 1.85. The summed E-state index contributed by atoms with van der Waals surface area (Å²) in [6.45, 7) is 13.8. The van der Waals surface area contributed by atoms with E-state index < -0.39 is 0 Å². The number of guanidine groups is 1. The molecule has 0 aliphatic heterocycles. The Bertz CT molecular complexity index is 546. The maximum Gasteiger partial charge on any atom is 0.350 e. The van der Waals surface area contributed by atoms with E-state index in [9.17, 15) is 4.79 Å². The van der Waals surface area contributed by atoms with Gasteiger partial charge in [-0.3, -0.25) is 4.99 Å². The normalized spacial score (nSPS) is 12.5. The number of ether oxygens (including phenoxy) is 1. The highest BCUT2D eigenvalue weighted by atomic mass is 127. The van der Waals surface area contributed by atoms with Gasteiger partial charge in [0.05, 0.1) is 18.3 Å². The predicted molar refractivity (Wildman–Crippen MR) is 111 cm³/mol. The van der Waals surface area contributed by atoms with Gasteiger partial charge >= 0.3 is 5.97 Å². The lowest BCUT2D eigenvalue weighted by molar-refractivity contribution is 0.0531. The standard InChI is InChI=1S/C16H28N4O2S.HI/c1-7-17-16(18-9-10(3)4)20-12(6)14-19-11(5)13(23-14)15(21)22-8-2;/h10,12H,7-9H2,1-6H3,(H2,17,18,20);1H.